The molecular weight excluding hydrogens is 249 g/mol. The molecule has 0 aromatic heterocycles. The maximum Gasteiger partial charge on any atom is 0.303 e. The largest absolute Gasteiger partial charge is 0.481 e. The number of benzene rings is 1. The van der Waals surface area contributed by atoms with Crippen LogP contribution in [0.2, 0.25) is 0 Å². The van der Waals surface area contributed by atoms with Gasteiger partial charge in [0.25, 0.3) is 0 Å². The summed E-state index contributed by atoms with van der Waals surface area (Å²) in [6, 6.07) is 5.90. The van der Waals surface area contributed by atoms with Crippen LogP contribution in [0.5, 0.6) is 0 Å². The number of halogens is 1. The Hall–Kier alpha value is -1.91. The van der Waals surface area contributed by atoms with E-state index >= 15 is 0 Å². The summed E-state index contributed by atoms with van der Waals surface area (Å²) in [6.45, 7) is 1.72. The molecule has 0 fully saturated rings. The number of unbranched alkanes of at least 4 members (excludes halogenated alkanes) is 1. The summed E-state index contributed by atoms with van der Waals surface area (Å²) in [7, 11) is 0. The standard InChI is InChI=1S/C14H18FNO3/c1-10(11-6-2-3-7-12(11)15)16-13(17)8-4-5-9-14(18)19/h2-3,6-7,10H,4-5,8-9H2,1H3,(H,16,17)(H,18,19)/t10-/m0/s1. The first kappa shape index (κ1) is 15.1. The highest BCUT2D eigenvalue weighted by atomic mass is 19.1. The highest BCUT2D eigenvalue weighted by molar-refractivity contribution is 5.76. The van der Waals surface area contributed by atoms with Gasteiger partial charge in [0.1, 0.15) is 5.82 Å². The normalized spacial score (nSPS) is 11.9. The number of carboxylic acid groups (broad SMARTS) is 1. The van der Waals surface area contributed by atoms with Crippen LogP contribution >= 0.6 is 0 Å². The highest BCUT2D eigenvalue weighted by Crippen LogP contribution is 2.16. The fourth-order valence-corrected chi connectivity index (χ4v) is 1.78. The molecule has 0 saturated carbocycles. The molecule has 2 N–H and O–H groups in total. The van der Waals surface area contributed by atoms with Crippen molar-refractivity contribution in [1.29, 1.82) is 0 Å². The van der Waals surface area contributed by atoms with E-state index < -0.39 is 12.0 Å². The smallest absolute Gasteiger partial charge is 0.303 e. The molecule has 1 rings (SSSR count). The average molecular weight is 267 g/mol. The lowest BCUT2D eigenvalue weighted by atomic mass is 10.1. The van der Waals surface area contributed by atoms with Gasteiger partial charge in [-0.1, -0.05) is 18.2 Å². The number of hydrogen-bond donors (Lipinski definition) is 2. The molecule has 104 valence electrons. The Kier molecular flexibility index (Phi) is 5.99. The first-order chi connectivity index (χ1) is 9.00. The van der Waals surface area contributed by atoms with Crippen LogP contribution in [0.3, 0.4) is 0 Å². The molecule has 1 atom stereocenters. The van der Waals surface area contributed by atoms with E-state index in [2.05, 4.69) is 5.32 Å². The van der Waals surface area contributed by atoms with Gasteiger partial charge in [0, 0.05) is 18.4 Å². The number of hydrogen-bond acceptors (Lipinski definition) is 2. The first-order valence-corrected chi connectivity index (χ1v) is 6.26. The van der Waals surface area contributed by atoms with Gasteiger partial charge in [0.2, 0.25) is 5.91 Å². The van der Waals surface area contributed by atoms with E-state index in [1.165, 1.54) is 6.07 Å². The summed E-state index contributed by atoms with van der Waals surface area (Å²) >= 11 is 0. The molecule has 0 radical (unpaired) electrons. The van der Waals surface area contributed by atoms with Crippen molar-refractivity contribution in [2.75, 3.05) is 0 Å². The Balaban J connectivity index is 2.36. The van der Waals surface area contributed by atoms with Crippen LogP contribution in [0.25, 0.3) is 0 Å². The van der Waals surface area contributed by atoms with E-state index in [4.69, 9.17) is 5.11 Å². The fraction of sp³-hybridized carbons (Fsp3) is 0.429. The second-order valence-electron chi connectivity index (χ2n) is 4.41. The molecule has 0 heterocycles. The van der Waals surface area contributed by atoms with E-state index in [1.54, 1.807) is 25.1 Å². The number of rotatable bonds is 7. The third kappa shape index (κ3) is 5.50. The number of amides is 1. The van der Waals surface area contributed by atoms with Crippen LogP contribution in [0.15, 0.2) is 24.3 Å². The Morgan fingerprint density at radius 2 is 1.89 bits per heavy atom. The molecule has 0 spiro atoms. The summed E-state index contributed by atoms with van der Waals surface area (Å²) in [5.41, 5.74) is 0.446. The van der Waals surface area contributed by atoms with Gasteiger partial charge in [-0.05, 0) is 25.8 Å². The van der Waals surface area contributed by atoms with Gasteiger partial charge in [0.15, 0.2) is 0 Å². The van der Waals surface area contributed by atoms with E-state index in [9.17, 15) is 14.0 Å². The summed E-state index contributed by atoms with van der Waals surface area (Å²) in [5, 5.41) is 11.2. The zero-order chi connectivity index (χ0) is 14.3. The highest BCUT2D eigenvalue weighted by Gasteiger charge is 2.12. The summed E-state index contributed by atoms with van der Waals surface area (Å²) < 4.78 is 13.5. The molecule has 0 saturated heterocycles. The lowest BCUT2D eigenvalue weighted by molar-refractivity contribution is -0.137. The van der Waals surface area contributed by atoms with Crippen molar-refractivity contribution >= 4 is 11.9 Å². The molecule has 5 heteroatoms. The van der Waals surface area contributed by atoms with Gasteiger partial charge >= 0.3 is 5.97 Å². The zero-order valence-electron chi connectivity index (χ0n) is 10.9. The van der Waals surface area contributed by atoms with Crippen molar-refractivity contribution in [1.82, 2.24) is 5.32 Å². The van der Waals surface area contributed by atoms with Crippen LogP contribution < -0.4 is 5.32 Å². The third-order valence-electron chi connectivity index (χ3n) is 2.79. The Labute approximate surface area is 111 Å². The van der Waals surface area contributed by atoms with Crippen LogP contribution in [0.1, 0.15) is 44.2 Å². The van der Waals surface area contributed by atoms with E-state index in [1.807, 2.05) is 0 Å². The molecule has 0 unspecified atom stereocenters. The zero-order valence-corrected chi connectivity index (χ0v) is 10.9. The molecule has 1 aromatic carbocycles. The minimum absolute atomic E-state index is 0.0656. The Morgan fingerprint density at radius 3 is 2.53 bits per heavy atom. The topological polar surface area (TPSA) is 66.4 Å². The van der Waals surface area contributed by atoms with Gasteiger partial charge in [-0.2, -0.15) is 0 Å². The van der Waals surface area contributed by atoms with Crippen molar-refractivity contribution in [3.05, 3.63) is 35.6 Å². The van der Waals surface area contributed by atoms with Crippen LogP contribution in [0.4, 0.5) is 4.39 Å². The maximum absolute atomic E-state index is 13.5. The lowest BCUT2D eigenvalue weighted by Crippen LogP contribution is -2.26. The number of nitrogens with one attached hydrogen (secondary N) is 1. The number of carbonyl (C=O) groups is 2. The lowest BCUT2D eigenvalue weighted by Gasteiger charge is -2.14. The van der Waals surface area contributed by atoms with E-state index in [-0.39, 0.29) is 24.6 Å². The molecule has 1 amide bonds. The van der Waals surface area contributed by atoms with Gasteiger partial charge in [-0.15, -0.1) is 0 Å². The van der Waals surface area contributed by atoms with E-state index in [0.717, 1.165) is 0 Å². The van der Waals surface area contributed by atoms with Crippen LogP contribution in [0, 0.1) is 5.82 Å². The Morgan fingerprint density at radius 1 is 1.26 bits per heavy atom. The maximum atomic E-state index is 13.5. The second-order valence-corrected chi connectivity index (χ2v) is 4.41. The molecule has 0 bridgehead atoms. The van der Waals surface area contributed by atoms with E-state index in [0.29, 0.717) is 18.4 Å². The van der Waals surface area contributed by atoms with Gasteiger partial charge < -0.3 is 10.4 Å². The van der Waals surface area contributed by atoms with Crippen molar-refractivity contribution in [2.24, 2.45) is 0 Å². The predicted molar refractivity (Wildman–Crippen MR) is 69.1 cm³/mol. The Bertz CT molecular complexity index is 448. The van der Waals surface area contributed by atoms with Crippen molar-refractivity contribution in [2.45, 2.75) is 38.6 Å². The van der Waals surface area contributed by atoms with Crippen LogP contribution in [-0.4, -0.2) is 17.0 Å². The number of aliphatic carboxylic acids is 1. The monoisotopic (exact) mass is 267 g/mol. The minimum Gasteiger partial charge on any atom is -0.481 e. The van der Waals surface area contributed by atoms with Gasteiger partial charge in [-0.25, -0.2) is 4.39 Å². The molecule has 4 nitrogen and oxygen atoms in total. The summed E-state index contributed by atoms with van der Waals surface area (Å²) in [6.07, 6.45) is 1.31. The molecular formula is C14H18FNO3. The second kappa shape index (κ2) is 7.51. The fourth-order valence-electron chi connectivity index (χ4n) is 1.78. The van der Waals surface area contributed by atoms with Crippen molar-refractivity contribution in [3.8, 4) is 0 Å². The van der Waals surface area contributed by atoms with Gasteiger partial charge in [0.05, 0.1) is 6.04 Å². The molecule has 0 aliphatic carbocycles. The number of carbonyl (C=O) groups excluding carboxylic acids is 1. The predicted octanol–water partition coefficient (Wildman–Crippen LogP) is 2.65. The molecule has 0 aliphatic rings. The van der Waals surface area contributed by atoms with Crippen molar-refractivity contribution in [3.63, 3.8) is 0 Å². The first-order valence-electron chi connectivity index (χ1n) is 6.26. The molecule has 19 heavy (non-hydrogen) atoms. The minimum atomic E-state index is -0.861. The van der Waals surface area contributed by atoms with Gasteiger partial charge in [-0.3, -0.25) is 9.59 Å². The summed E-state index contributed by atoms with van der Waals surface area (Å²) in [5.74, 6) is -1.40. The third-order valence-corrected chi connectivity index (χ3v) is 2.79. The SMILES string of the molecule is C[C@H](NC(=O)CCCCC(=O)O)c1ccccc1F. The van der Waals surface area contributed by atoms with Crippen LogP contribution in [-0.2, 0) is 9.59 Å². The summed E-state index contributed by atoms with van der Waals surface area (Å²) in [4.78, 5) is 21.9. The number of carboxylic acids is 1. The molecule has 1 aromatic rings. The average Bonchev–Trinajstić information content (AvgIpc) is 2.35. The molecule has 0 aliphatic heterocycles. The quantitative estimate of drug-likeness (QED) is 0.746. The van der Waals surface area contributed by atoms with Crippen molar-refractivity contribution < 1.29 is 19.1 Å².